The zero-order valence-corrected chi connectivity index (χ0v) is 10.0. The number of carbonyl (C=O) groups excluding carboxylic acids is 1. The molecule has 1 aliphatic carbocycles. The molecule has 2 aromatic rings. The van der Waals surface area contributed by atoms with E-state index in [1.54, 1.807) is 23.7 Å². The maximum absolute atomic E-state index is 12.2. The van der Waals surface area contributed by atoms with Gasteiger partial charge in [0, 0.05) is 18.0 Å². The van der Waals surface area contributed by atoms with Crippen LogP contribution in [-0.2, 0) is 6.42 Å². The predicted molar refractivity (Wildman–Crippen MR) is 69.2 cm³/mol. The molecule has 0 atom stereocenters. The summed E-state index contributed by atoms with van der Waals surface area (Å²) >= 11 is 1.54. The van der Waals surface area contributed by atoms with Crippen LogP contribution in [0.1, 0.15) is 27.2 Å². The third kappa shape index (κ3) is 1.94. The van der Waals surface area contributed by atoms with Crippen LogP contribution >= 0.6 is 11.3 Å². The van der Waals surface area contributed by atoms with Crippen LogP contribution in [0.3, 0.4) is 0 Å². The fourth-order valence-electron chi connectivity index (χ4n) is 2.06. The van der Waals surface area contributed by atoms with Gasteiger partial charge in [0.2, 0.25) is 0 Å². The molecule has 1 aliphatic rings. The summed E-state index contributed by atoms with van der Waals surface area (Å²) in [7, 11) is 0. The summed E-state index contributed by atoms with van der Waals surface area (Å²) in [5.74, 6) is 0.185. The van der Waals surface area contributed by atoms with Crippen LogP contribution < -0.4 is 0 Å². The average Bonchev–Trinajstić information content (AvgIpc) is 2.83. The van der Waals surface area contributed by atoms with Crippen molar-refractivity contribution in [3.05, 3.63) is 57.6 Å². The third-order valence-electron chi connectivity index (χ3n) is 2.93. The van der Waals surface area contributed by atoms with Crippen molar-refractivity contribution in [2.24, 2.45) is 0 Å². The highest BCUT2D eigenvalue weighted by Gasteiger charge is 2.22. The smallest absolute Gasteiger partial charge is 0.199 e. The number of thiophene rings is 1. The Labute approximate surface area is 104 Å². The number of aromatic nitrogens is 1. The molecular weight excluding hydrogens is 230 g/mol. The molecule has 84 valence electrons. The number of hydrogen-bond donors (Lipinski definition) is 0. The van der Waals surface area contributed by atoms with Crippen molar-refractivity contribution in [1.82, 2.24) is 4.98 Å². The number of pyridine rings is 1. The third-order valence-corrected chi connectivity index (χ3v) is 3.89. The molecule has 2 heterocycles. The molecule has 0 radical (unpaired) electrons. The Morgan fingerprint density at radius 3 is 3.06 bits per heavy atom. The van der Waals surface area contributed by atoms with Crippen molar-refractivity contribution in [2.75, 3.05) is 0 Å². The number of allylic oxidation sites excluding steroid dienone is 1. The van der Waals surface area contributed by atoms with Crippen molar-refractivity contribution in [1.29, 1.82) is 0 Å². The quantitative estimate of drug-likeness (QED) is 0.717. The van der Waals surface area contributed by atoms with E-state index < -0.39 is 0 Å². The van der Waals surface area contributed by atoms with E-state index in [2.05, 4.69) is 11.1 Å². The van der Waals surface area contributed by atoms with Crippen LogP contribution in [0.15, 0.2) is 41.5 Å². The van der Waals surface area contributed by atoms with E-state index >= 15 is 0 Å². The van der Waals surface area contributed by atoms with Crippen LogP contribution in [0.2, 0.25) is 0 Å². The molecule has 2 nitrogen and oxygen atoms in total. The molecule has 3 rings (SSSR count). The van der Waals surface area contributed by atoms with Gasteiger partial charge in [0.1, 0.15) is 0 Å². The average molecular weight is 241 g/mol. The van der Waals surface area contributed by atoms with Crippen molar-refractivity contribution in [3.8, 4) is 0 Å². The number of carbonyl (C=O) groups is 1. The Morgan fingerprint density at radius 2 is 2.24 bits per heavy atom. The molecule has 0 aliphatic heterocycles. The first-order valence-electron chi connectivity index (χ1n) is 5.56. The summed E-state index contributed by atoms with van der Waals surface area (Å²) in [6, 6.07) is 5.91. The van der Waals surface area contributed by atoms with Gasteiger partial charge >= 0.3 is 0 Å². The normalized spacial score (nSPS) is 17.2. The molecular formula is C14H11NOS. The lowest BCUT2D eigenvalue weighted by atomic mass is 9.92. The monoisotopic (exact) mass is 241 g/mol. The number of hydrogen-bond acceptors (Lipinski definition) is 3. The molecule has 0 fully saturated rings. The maximum atomic E-state index is 12.2. The van der Waals surface area contributed by atoms with E-state index in [0.29, 0.717) is 0 Å². The van der Waals surface area contributed by atoms with Crippen molar-refractivity contribution in [2.45, 2.75) is 12.8 Å². The summed E-state index contributed by atoms with van der Waals surface area (Å²) < 4.78 is 0. The molecule has 0 saturated heterocycles. The fourth-order valence-corrected chi connectivity index (χ4v) is 2.99. The Kier molecular flexibility index (Phi) is 2.61. The lowest BCUT2D eigenvalue weighted by Crippen LogP contribution is -2.11. The van der Waals surface area contributed by atoms with E-state index in [1.165, 1.54) is 5.56 Å². The largest absolute Gasteiger partial charge is 0.288 e. The number of nitrogens with zero attached hydrogens (tertiary/aromatic N) is 1. The highest BCUT2D eigenvalue weighted by Crippen LogP contribution is 2.30. The first kappa shape index (κ1) is 10.4. The van der Waals surface area contributed by atoms with Crippen LogP contribution in [0.5, 0.6) is 0 Å². The van der Waals surface area contributed by atoms with Gasteiger partial charge in [0.05, 0.1) is 4.88 Å². The Morgan fingerprint density at radius 1 is 1.29 bits per heavy atom. The lowest BCUT2D eigenvalue weighted by Gasteiger charge is -2.13. The zero-order valence-electron chi connectivity index (χ0n) is 9.22. The van der Waals surface area contributed by atoms with Crippen LogP contribution in [-0.4, -0.2) is 10.8 Å². The van der Waals surface area contributed by atoms with Gasteiger partial charge in [-0.2, -0.15) is 0 Å². The van der Waals surface area contributed by atoms with Gasteiger partial charge in [-0.05, 0) is 47.6 Å². The minimum absolute atomic E-state index is 0.185. The van der Waals surface area contributed by atoms with Gasteiger partial charge < -0.3 is 0 Å². The molecule has 3 heteroatoms. The molecule has 2 aromatic heterocycles. The summed E-state index contributed by atoms with van der Waals surface area (Å²) in [5.41, 5.74) is 3.09. The predicted octanol–water partition coefficient (Wildman–Crippen LogP) is 3.36. The second-order valence-electron chi connectivity index (χ2n) is 4.06. The van der Waals surface area contributed by atoms with Crippen molar-refractivity contribution in [3.63, 3.8) is 0 Å². The number of aryl methyl sites for hydroxylation is 1. The van der Waals surface area contributed by atoms with E-state index in [4.69, 9.17) is 0 Å². The fraction of sp³-hybridized carbons (Fsp3) is 0.143. The van der Waals surface area contributed by atoms with Gasteiger partial charge in [-0.3, -0.25) is 9.78 Å². The highest BCUT2D eigenvalue weighted by molar-refractivity contribution is 7.12. The molecule has 0 spiro atoms. The number of ketones is 1. The van der Waals surface area contributed by atoms with Crippen LogP contribution in [0.25, 0.3) is 6.08 Å². The van der Waals surface area contributed by atoms with Gasteiger partial charge in [0.15, 0.2) is 5.78 Å². The van der Waals surface area contributed by atoms with E-state index in [0.717, 1.165) is 28.9 Å². The molecule has 0 N–H and O–H groups in total. The minimum atomic E-state index is 0.185. The Balaban J connectivity index is 1.97. The highest BCUT2D eigenvalue weighted by atomic mass is 32.1. The molecule has 0 unspecified atom stereocenters. The molecule has 17 heavy (non-hydrogen) atoms. The van der Waals surface area contributed by atoms with Crippen LogP contribution in [0, 0.1) is 0 Å². The van der Waals surface area contributed by atoms with Gasteiger partial charge in [0.25, 0.3) is 0 Å². The summed E-state index contributed by atoms with van der Waals surface area (Å²) in [5, 5.41) is 2.00. The van der Waals surface area contributed by atoms with Gasteiger partial charge in [-0.1, -0.05) is 6.07 Å². The number of Topliss-reactive ketones (excluding diaryl/α,β-unsaturated/α-hetero) is 1. The van der Waals surface area contributed by atoms with Gasteiger partial charge in [-0.15, -0.1) is 11.3 Å². The zero-order chi connectivity index (χ0) is 11.7. The number of fused-ring (bicyclic) bond motifs is 1. The standard InChI is InChI=1S/C14H11NOS/c16-13-12(8-10-2-1-6-15-9-10)4-3-11-5-7-17-14(11)13/h1-2,5-9H,3-4H2. The van der Waals surface area contributed by atoms with E-state index in [-0.39, 0.29) is 5.78 Å². The van der Waals surface area contributed by atoms with E-state index in [1.807, 2.05) is 23.6 Å². The SMILES string of the molecule is O=C1C(=Cc2cccnc2)CCc2ccsc21. The summed E-state index contributed by atoms with van der Waals surface area (Å²) in [4.78, 5) is 17.2. The first-order chi connectivity index (χ1) is 8.34. The van der Waals surface area contributed by atoms with Gasteiger partial charge in [-0.25, -0.2) is 0 Å². The molecule has 0 aromatic carbocycles. The molecule has 0 bridgehead atoms. The summed E-state index contributed by atoms with van der Waals surface area (Å²) in [6.07, 6.45) is 7.28. The maximum Gasteiger partial charge on any atom is 0.199 e. The molecule has 0 saturated carbocycles. The lowest BCUT2D eigenvalue weighted by molar-refractivity contribution is 0.103. The second-order valence-corrected chi connectivity index (χ2v) is 4.98. The number of rotatable bonds is 1. The first-order valence-corrected chi connectivity index (χ1v) is 6.44. The van der Waals surface area contributed by atoms with Crippen molar-refractivity contribution < 1.29 is 4.79 Å². The van der Waals surface area contributed by atoms with E-state index in [9.17, 15) is 4.79 Å². The van der Waals surface area contributed by atoms with Crippen molar-refractivity contribution >= 4 is 23.2 Å². The molecule has 0 amide bonds. The minimum Gasteiger partial charge on any atom is -0.288 e. The second kappa shape index (κ2) is 4.26. The Hall–Kier alpha value is -1.74. The van der Waals surface area contributed by atoms with Crippen LogP contribution in [0.4, 0.5) is 0 Å². The Bertz CT molecular complexity index is 583. The topological polar surface area (TPSA) is 30.0 Å². The summed E-state index contributed by atoms with van der Waals surface area (Å²) in [6.45, 7) is 0.